The minimum atomic E-state index is -3.34. The Balaban J connectivity index is 1.29. The van der Waals surface area contributed by atoms with E-state index in [1.807, 2.05) is 69.3 Å². The molecule has 5 nitrogen and oxygen atoms in total. The Morgan fingerprint density at radius 2 is 1.62 bits per heavy atom. The van der Waals surface area contributed by atoms with E-state index in [4.69, 9.17) is 23.2 Å². The van der Waals surface area contributed by atoms with E-state index in [0.717, 1.165) is 78.8 Å². The highest BCUT2D eigenvalue weighted by atomic mass is 35.5. The van der Waals surface area contributed by atoms with Crippen molar-refractivity contribution >= 4 is 44.7 Å². The van der Waals surface area contributed by atoms with Gasteiger partial charge in [0.2, 0.25) is 10.0 Å². The molecule has 1 spiro atoms. The average molecular weight is 628 g/mol. The number of ketones is 1. The number of carbonyl (C=O) groups is 1. The van der Waals surface area contributed by atoms with Gasteiger partial charge < -0.3 is 4.90 Å². The van der Waals surface area contributed by atoms with Gasteiger partial charge in [0.05, 0.1) is 22.0 Å². The number of para-hydroxylation sites is 1. The Bertz CT molecular complexity index is 1560. The highest BCUT2D eigenvalue weighted by molar-refractivity contribution is 7.92. The maximum Gasteiger partial charge on any atom is 0.232 e. The van der Waals surface area contributed by atoms with E-state index in [1.54, 1.807) is 4.31 Å². The molecule has 0 saturated carbocycles. The van der Waals surface area contributed by atoms with Gasteiger partial charge in [-0.15, -0.1) is 0 Å². The summed E-state index contributed by atoms with van der Waals surface area (Å²) in [5.41, 5.74) is 5.91. The van der Waals surface area contributed by atoms with Crippen LogP contribution in [0.1, 0.15) is 71.1 Å². The SMILES string of the molecule is Cc1cc(C)cc(C(=O)[C@H](C)C[C@@H](CCN2CCC3(CC2)CN(S(C)(=O)=O)c2ccccc23)c2ccc(Cl)c(Cl)c2)c1. The molecule has 224 valence electrons. The quantitative estimate of drug-likeness (QED) is 0.227. The number of nitrogens with zero attached hydrogens (tertiary/aromatic N) is 2. The summed E-state index contributed by atoms with van der Waals surface area (Å²) in [7, 11) is -3.34. The fourth-order valence-corrected chi connectivity index (χ4v) is 8.28. The Hall–Kier alpha value is -2.38. The van der Waals surface area contributed by atoms with Crippen LogP contribution < -0.4 is 4.31 Å². The molecule has 3 aromatic carbocycles. The van der Waals surface area contributed by atoms with Crippen LogP contribution in [-0.4, -0.2) is 51.5 Å². The second kappa shape index (κ2) is 12.3. The summed E-state index contributed by atoms with van der Waals surface area (Å²) in [6.07, 6.45) is 4.73. The van der Waals surface area contributed by atoms with Gasteiger partial charge in [0, 0.05) is 23.4 Å². The molecule has 3 aromatic rings. The number of benzene rings is 3. The van der Waals surface area contributed by atoms with Gasteiger partial charge in [0.25, 0.3) is 0 Å². The highest BCUT2D eigenvalue weighted by Gasteiger charge is 2.46. The standard InChI is InChI=1S/C34H40Cl2N2O3S/c1-23-17-24(2)19-28(18-23)33(39)25(3)20-27(26-9-10-30(35)31(36)21-26)11-14-37-15-12-34(13-16-37)22-38(42(4,40)41)32-8-6-5-7-29(32)34/h5-10,17-19,21,25,27H,11-16,20,22H2,1-4H3/t25-,27-/m1/s1. The van der Waals surface area contributed by atoms with Crippen molar-refractivity contribution in [3.63, 3.8) is 0 Å². The fraction of sp³-hybridized carbons (Fsp3) is 0.441. The summed E-state index contributed by atoms with van der Waals surface area (Å²) in [5.74, 6) is 0.169. The number of sulfonamides is 1. The van der Waals surface area contributed by atoms with Crippen molar-refractivity contribution in [2.75, 3.05) is 36.7 Å². The number of carbonyl (C=O) groups excluding carboxylic acids is 1. The summed E-state index contributed by atoms with van der Waals surface area (Å²) in [6, 6.07) is 19.8. The molecular formula is C34H40Cl2N2O3S. The van der Waals surface area contributed by atoms with Crippen molar-refractivity contribution in [2.45, 2.75) is 57.8 Å². The summed E-state index contributed by atoms with van der Waals surface area (Å²) >= 11 is 12.7. The molecule has 2 aliphatic heterocycles. The number of hydrogen-bond donors (Lipinski definition) is 0. The van der Waals surface area contributed by atoms with Crippen molar-refractivity contribution in [1.82, 2.24) is 4.90 Å². The number of fused-ring (bicyclic) bond motifs is 2. The molecule has 0 aliphatic carbocycles. The summed E-state index contributed by atoms with van der Waals surface area (Å²) in [5, 5.41) is 1.06. The first-order chi connectivity index (χ1) is 19.9. The average Bonchev–Trinajstić information content (AvgIpc) is 3.27. The van der Waals surface area contributed by atoms with E-state index >= 15 is 0 Å². The molecule has 0 bridgehead atoms. The smallest absolute Gasteiger partial charge is 0.232 e. The van der Waals surface area contributed by atoms with Gasteiger partial charge in [-0.1, -0.05) is 71.6 Å². The first-order valence-corrected chi connectivity index (χ1v) is 17.3. The van der Waals surface area contributed by atoms with E-state index in [2.05, 4.69) is 17.0 Å². The second-order valence-electron chi connectivity index (χ2n) is 12.4. The topological polar surface area (TPSA) is 57.7 Å². The highest BCUT2D eigenvalue weighted by Crippen LogP contribution is 2.48. The largest absolute Gasteiger partial charge is 0.303 e. The summed E-state index contributed by atoms with van der Waals surface area (Å²) in [6.45, 7) is 9.29. The molecule has 1 saturated heterocycles. The van der Waals surface area contributed by atoms with Gasteiger partial charge in [-0.2, -0.15) is 0 Å². The van der Waals surface area contributed by atoms with Gasteiger partial charge in [0.15, 0.2) is 5.78 Å². The molecule has 0 aromatic heterocycles. The van der Waals surface area contributed by atoms with Crippen LogP contribution in [0.5, 0.6) is 0 Å². The Kier molecular flexibility index (Phi) is 9.11. The van der Waals surface area contributed by atoms with E-state index in [-0.39, 0.29) is 23.0 Å². The lowest BCUT2D eigenvalue weighted by Gasteiger charge is -2.40. The van der Waals surface area contributed by atoms with Gasteiger partial charge in [-0.05, 0) is 107 Å². The van der Waals surface area contributed by atoms with Crippen LogP contribution in [0.3, 0.4) is 0 Å². The van der Waals surface area contributed by atoms with Crippen LogP contribution in [0, 0.1) is 19.8 Å². The molecule has 2 heterocycles. The van der Waals surface area contributed by atoms with E-state index in [1.165, 1.54) is 6.26 Å². The number of piperidine rings is 1. The van der Waals surface area contributed by atoms with Crippen molar-refractivity contribution in [3.8, 4) is 0 Å². The maximum atomic E-state index is 13.5. The predicted octanol–water partition coefficient (Wildman–Crippen LogP) is 7.81. The third-order valence-corrected chi connectivity index (χ3v) is 11.1. The van der Waals surface area contributed by atoms with Crippen LogP contribution in [0.2, 0.25) is 10.0 Å². The number of hydrogen-bond acceptors (Lipinski definition) is 4. The van der Waals surface area contributed by atoms with Gasteiger partial charge >= 0.3 is 0 Å². The third kappa shape index (κ3) is 6.57. The van der Waals surface area contributed by atoms with Crippen molar-refractivity contribution in [3.05, 3.63) is 98.5 Å². The zero-order valence-electron chi connectivity index (χ0n) is 24.9. The first kappa shape index (κ1) is 31.1. The fourth-order valence-electron chi connectivity index (χ4n) is 6.97. The first-order valence-electron chi connectivity index (χ1n) is 14.7. The van der Waals surface area contributed by atoms with E-state index < -0.39 is 10.0 Å². The van der Waals surface area contributed by atoms with Crippen LogP contribution in [0.15, 0.2) is 60.7 Å². The van der Waals surface area contributed by atoms with E-state index in [0.29, 0.717) is 16.6 Å². The Morgan fingerprint density at radius 3 is 2.26 bits per heavy atom. The molecular weight excluding hydrogens is 587 g/mol. The number of Topliss-reactive ketones (excluding diaryl/α,β-unsaturated/α-hetero) is 1. The minimum Gasteiger partial charge on any atom is -0.303 e. The molecule has 1 fully saturated rings. The van der Waals surface area contributed by atoms with Crippen molar-refractivity contribution in [1.29, 1.82) is 0 Å². The molecule has 2 aliphatic rings. The predicted molar refractivity (Wildman–Crippen MR) is 174 cm³/mol. The monoisotopic (exact) mass is 626 g/mol. The zero-order chi connectivity index (χ0) is 30.2. The number of aryl methyl sites for hydroxylation is 2. The van der Waals surface area contributed by atoms with Crippen LogP contribution in [0.25, 0.3) is 0 Å². The molecule has 0 amide bonds. The molecule has 5 rings (SSSR count). The number of anilines is 1. The molecule has 8 heteroatoms. The normalized spacial score (nSPS) is 18.2. The van der Waals surface area contributed by atoms with Crippen molar-refractivity contribution < 1.29 is 13.2 Å². The molecule has 2 atom stereocenters. The van der Waals surface area contributed by atoms with Gasteiger partial charge in [0.1, 0.15) is 0 Å². The molecule has 0 unspecified atom stereocenters. The Morgan fingerprint density at radius 1 is 0.952 bits per heavy atom. The van der Waals surface area contributed by atoms with Crippen molar-refractivity contribution in [2.24, 2.45) is 5.92 Å². The molecule has 42 heavy (non-hydrogen) atoms. The molecule has 0 N–H and O–H groups in total. The Labute approximate surface area is 260 Å². The summed E-state index contributed by atoms with van der Waals surface area (Å²) < 4.78 is 26.7. The maximum absolute atomic E-state index is 13.5. The van der Waals surface area contributed by atoms with Crippen LogP contribution >= 0.6 is 23.2 Å². The second-order valence-corrected chi connectivity index (χ2v) is 15.2. The number of likely N-dealkylation sites (tertiary alicyclic amines) is 1. The minimum absolute atomic E-state index is 0.146. The lowest BCUT2D eigenvalue weighted by atomic mass is 9.74. The number of halogens is 2. The third-order valence-electron chi connectivity index (χ3n) is 9.20. The van der Waals surface area contributed by atoms with Gasteiger partial charge in [-0.25, -0.2) is 8.42 Å². The lowest BCUT2D eigenvalue weighted by molar-refractivity contribution is 0.0915. The van der Waals surface area contributed by atoms with Crippen LogP contribution in [-0.2, 0) is 15.4 Å². The number of rotatable bonds is 9. The van der Waals surface area contributed by atoms with E-state index in [9.17, 15) is 13.2 Å². The zero-order valence-corrected chi connectivity index (χ0v) is 27.2. The van der Waals surface area contributed by atoms with Gasteiger partial charge in [-0.3, -0.25) is 9.10 Å². The molecule has 0 radical (unpaired) electrons. The lowest BCUT2D eigenvalue weighted by Crippen LogP contribution is -2.46. The summed E-state index contributed by atoms with van der Waals surface area (Å²) in [4.78, 5) is 16.0. The van der Waals surface area contributed by atoms with Crippen LogP contribution in [0.4, 0.5) is 5.69 Å².